The van der Waals surface area contributed by atoms with Gasteiger partial charge in [-0.2, -0.15) is 0 Å². The average molecular weight is 276 g/mol. The third-order valence-corrected chi connectivity index (χ3v) is 6.81. The SMILES string of the molecule is CC1CNCC1C(=O)N(C)C1C2CC3CC(C2)CC1C3. The van der Waals surface area contributed by atoms with Gasteiger partial charge in [0, 0.05) is 19.6 Å². The van der Waals surface area contributed by atoms with E-state index >= 15 is 0 Å². The highest BCUT2D eigenvalue weighted by atomic mass is 16.2. The maximum Gasteiger partial charge on any atom is 0.227 e. The van der Waals surface area contributed by atoms with Gasteiger partial charge >= 0.3 is 0 Å². The summed E-state index contributed by atoms with van der Waals surface area (Å²) in [5, 5.41) is 3.38. The molecule has 5 rings (SSSR count). The molecule has 4 aliphatic carbocycles. The van der Waals surface area contributed by atoms with Crippen molar-refractivity contribution in [3.8, 4) is 0 Å². The second kappa shape index (κ2) is 4.72. The van der Waals surface area contributed by atoms with E-state index in [9.17, 15) is 4.79 Å². The number of rotatable bonds is 2. The molecule has 0 aromatic rings. The Kier molecular flexibility index (Phi) is 3.10. The first-order chi connectivity index (χ1) is 9.63. The van der Waals surface area contributed by atoms with Crippen LogP contribution < -0.4 is 5.32 Å². The van der Waals surface area contributed by atoms with Gasteiger partial charge in [0.05, 0.1) is 5.92 Å². The molecular weight excluding hydrogens is 248 g/mol. The molecule has 20 heavy (non-hydrogen) atoms. The Bertz CT molecular complexity index is 380. The van der Waals surface area contributed by atoms with Crippen molar-refractivity contribution >= 4 is 5.91 Å². The zero-order valence-electron chi connectivity index (χ0n) is 12.8. The van der Waals surface area contributed by atoms with Crippen molar-refractivity contribution in [2.45, 2.75) is 45.1 Å². The molecular formula is C17H28N2O. The summed E-state index contributed by atoms with van der Waals surface area (Å²) < 4.78 is 0. The Morgan fingerprint density at radius 2 is 1.60 bits per heavy atom. The van der Waals surface area contributed by atoms with Gasteiger partial charge in [0.2, 0.25) is 5.91 Å². The van der Waals surface area contributed by atoms with Crippen LogP contribution in [0.5, 0.6) is 0 Å². The molecule has 112 valence electrons. The number of nitrogens with zero attached hydrogens (tertiary/aromatic N) is 1. The topological polar surface area (TPSA) is 32.3 Å². The van der Waals surface area contributed by atoms with Crippen LogP contribution in [-0.2, 0) is 4.79 Å². The fourth-order valence-electron chi connectivity index (χ4n) is 6.08. The van der Waals surface area contributed by atoms with Crippen LogP contribution >= 0.6 is 0 Å². The molecule has 0 aromatic heterocycles. The van der Waals surface area contributed by atoms with Crippen LogP contribution in [0, 0.1) is 35.5 Å². The van der Waals surface area contributed by atoms with Crippen molar-refractivity contribution in [2.75, 3.05) is 20.1 Å². The van der Waals surface area contributed by atoms with Gasteiger partial charge in [0.1, 0.15) is 0 Å². The summed E-state index contributed by atoms with van der Waals surface area (Å²) >= 11 is 0. The predicted molar refractivity (Wildman–Crippen MR) is 79.1 cm³/mol. The predicted octanol–water partition coefficient (Wildman–Crippen LogP) is 2.12. The lowest BCUT2D eigenvalue weighted by Crippen LogP contribution is -2.57. The van der Waals surface area contributed by atoms with Crippen molar-refractivity contribution in [1.82, 2.24) is 10.2 Å². The lowest BCUT2D eigenvalue weighted by Gasteiger charge is -2.56. The molecule has 3 nitrogen and oxygen atoms in total. The van der Waals surface area contributed by atoms with Crippen LogP contribution in [0.4, 0.5) is 0 Å². The number of carbonyl (C=O) groups is 1. The van der Waals surface area contributed by atoms with Crippen molar-refractivity contribution in [3.63, 3.8) is 0 Å². The fraction of sp³-hybridized carbons (Fsp3) is 0.941. The van der Waals surface area contributed by atoms with Crippen LogP contribution in [0.1, 0.15) is 39.0 Å². The maximum atomic E-state index is 12.9. The average Bonchev–Trinajstić information content (AvgIpc) is 2.82. The second-order valence-corrected chi connectivity index (χ2v) is 8.11. The molecule has 3 heteroatoms. The number of carbonyl (C=O) groups excluding carboxylic acids is 1. The number of nitrogens with one attached hydrogen (secondary N) is 1. The molecule has 4 saturated carbocycles. The molecule has 0 aromatic carbocycles. The van der Waals surface area contributed by atoms with E-state index in [1.807, 2.05) is 0 Å². The summed E-state index contributed by atoms with van der Waals surface area (Å²) in [5.41, 5.74) is 0. The van der Waals surface area contributed by atoms with E-state index < -0.39 is 0 Å². The van der Waals surface area contributed by atoms with E-state index in [1.54, 1.807) is 0 Å². The van der Waals surface area contributed by atoms with Crippen LogP contribution in [-0.4, -0.2) is 37.0 Å². The zero-order chi connectivity index (χ0) is 13.9. The quantitative estimate of drug-likeness (QED) is 0.838. The Morgan fingerprint density at radius 3 is 2.10 bits per heavy atom. The van der Waals surface area contributed by atoms with Crippen LogP contribution in [0.15, 0.2) is 0 Å². The van der Waals surface area contributed by atoms with Gasteiger partial charge in [0.25, 0.3) is 0 Å². The van der Waals surface area contributed by atoms with Crippen LogP contribution in [0.2, 0.25) is 0 Å². The van der Waals surface area contributed by atoms with E-state index in [0.29, 0.717) is 17.9 Å². The van der Waals surface area contributed by atoms with E-state index in [1.165, 1.54) is 32.1 Å². The molecule has 0 radical (unpaired) electrons. The molecule has 2 atom stereocenters. The van der Waals surface area contributed by atoms with E-state index in [2.05, 4.69) is 24.2 Å². The molecule has 1 amide bonds. The van der Waals surface area contributed by atoms with Gasteiger partial charge < -0.3 is 10.2 Å². The third-order valence-electron chi connectivity index (χ3n) is 6.81. The number of hydrogen-bond donors (Lipinski definition) is 1. The maximum absolute atomic E-state index is 12.9. The highest BCUT2D eigenvalue weighted by molar-refractivity contribution is 5.80. The first-order valence-corrected chi connectivity index (χ1v) is 8.61. The molecule has 5 aliphatic rings. The van der Waals surface area contributed by atoms with Crippen molar-refractivity contribution in [1.29, 1.82) is 0 Å². The van der Waals surface area contributed by atoms with Gasteiger partial charge in [-0.05, 0) is 68.2 Å². The largest absolute Gasteiger partial charge is 0.342 e. The van der Waals surface area contributed by atoms with Gasteiger partial charge in [-0.3, -0.25) is 4.79 Å². The van der Waals surface area contributed by atoms with Crippen molar-refractivity contribution < 1.29 is 4.79 Å². The molecule has 1 N–H and O–H groups in total. The molecule has 1 aliphatic heterocycles. The summed E-state index contributed by atoms with van der Waals surface area (Å²) in [7, 11) is 2.10. The zero-order valence-corrected chi connectivity index (χ0v) is 12.8. The van der Waals surface area contributed by atoms with Crippen molar-refractivity contribution in [3.05, 3.63) is 0 Å². The first kappa shape index (κ1) is 13.1. The number of hydrogen-bond acceptors (Lipinski definition) is 2. The standard InChI is InChI=1S/C17H28N2O/c1-10-8-18-9-15(10)17(20)19(2)16-13-4-11-3-12(6-13)7-14(16)5-11/h10-16,18H,3-9H2,1-2H3. The first-order valence-electron chi connectivity index (χ1n) is 8.61. The Hall–Kier alpha value is -0.570. The van der Waals surface area contributed by atoms with Crippen molar-refractivity contribution in [2.24, 2.45) is 35.5 Å². The normalized spacial score (nSPS) is 49.6. The molecule has 2 unspecified atom stereocenters. The lowest BCUT2D eigenvalue weighted by molar-refractivity contribution is -0.145. The summed E-state index contributed by atoms with van der Waals surface area (Å²) in [6, 6.07) is 0.558. The Balaban J connectivity index is 1.51. The monoisotopic (exact) mass is 276 g/mol. The number of amides is 1. The summed E-state index contributed by atoms with van der Waals surface area (Å²) in [5.74, 6) is 4.74. The minimum Gasteiger partial charge on any atom is -0.342 e. The van der Waals surface area contributed by atoms with Gasteiger partial charge in [0.15, 0.2) is 0 Å². The fourth-order valence-corrected chi connectivity index (χ4v) is 6.08. The molecule has 5 fully saturated rings. The molecule has 4 bridgehead atoms. The Morgan fingerprint density at radius 1 is 1.00 bits per heavy atom. The van der Waals surface area contributed by atoms with E-state index in [0.717, 1.165) is 36.8 Å². The summed E-state index contributed by atoms with van der Waals surface area (Å²) in [6.45, 7) is 4.11. The van der Waals surface area contributed by atoms with E-state index in [4.69, 9.17) is 0 Å². The van der Waals surface area contributed by atoms with Gasteiger partial charge in [-0.1, -0.05) is 6.92 Å². The summed E-state index contributed by atoms with van der Waals surface area (Å²) in [4.78, 5) is 15.0. The smallest absolute Gasteiger partial charge is 0.227 e. The molecule has 0 spiro atoms. The highest BCUT2D eigenvalue weighted by Gasteiger charge is 2.51. The van der Waals surface area contributed by atoms with E-state index in [-0.39, 0.29) is 5.92 Å². The third kappa shape index (κ3) is 1.93. The second-order valence-electron chi connectivity index (χ2n) is 8.11. The van der Waals surface area contributed by atoms with Gasteiger partial charge in [-0.15, -0.1) is 0 Å². The minimum absolute atomic E-state index is 0.220. The molecule has 1 heterocycles. The molecule has 1 saturated heterocycles. The summed E-state index contributed by atoms with van der Waals surface area (Å²) in [6.07, 6.45) is 7.07. The highest BCUT2D eigenvalue weighted by Crippen LogP contribution is 2.55. The van der Waals surface area contributed by atoms with Crippen LogP contribution in [0.25, 0.3) is 0 Å². The Labute approximate surface area is 122 Å². The van der Waals surface area contributed by atoms with Gasteiger partial charge in [-0.25, -0.2) is 0 Å². The minimum atomic E-state index is 0.220. The lowest BCUT2D eigenvalue weighted by atomic mass is 9.54. The van der Waals surface area contributed by atoms with Crippen LogP contribution in [0.3, 0.4) is 0 Å².